The van der Waals surface area contributed by atoms with Crippen LogP contribution in [0, 0.1) is 0 Å². The molecule has 0 saturated heterocycles. The Bertz CT molecular complexity index is 2140. The molecular weight excluding hydrogens is 1050 g/mol. The number of aromatic amines is 1. The molecular formula is C48H87N19O13. The highest BCUT2D eigenvalue weighted by Crippen LogP contribution is 2.09. The molecule has 452 valence electrons. The van der Waals surface area contributed by atoms with Crippen LogP contribution in [0.15, 0.2) is 12.5 Å². The first-order valence-electron chi connectivity index (χ1n) is 26.8. The third-order valence-corrected chi connectivity index (χ3v) is 12.2. The lowest BCUT2D eigenvalue weighted by molar-refractivity contribution is -0.142. The lowest BCUT2D eigenvalue weighted by Gasteiger charge is -2.26. The van der Waals surface area contributed by atoms with Crippen molar-refractivity contribution >= 4 is 70.9 Å². The normalized spacial score (nSPS) is 14.0. The number of primary amides is 2. The van der Waals surface area contributed by atoms with Gasteiger partial charge in [0, 0.05) is 18.3 Å². The van der Waals surface area contributed by atoms with Crippen LogP contribution >= 0.6 is 0 Å². The number of hydrogen-bond acceptors (Lipinski definition) is 19. The van der Waals surface area contributed by atoms with Crippen molar-refractivity contribution in [2.45, 2.75) is 164 Å². The number of imidazole rings is 1. The Hall–Kier alpha value is -7.39. The van der Waals surface area contributed by atoms with Crippen molar-refractivity contribution in [3.8, 4) is 0 Å². The zero-order valence-electron chi connectivity index (χ0n) is 45.4. The van der Waals surface area contributed by atoms with Gasteiger partial charge in [0.15, 0.2) is 0 Å². The largest absolute Gasteiger partial charge is 0.480 e. The number of nitrogens with one attached hydrogen (secondary N) is 10. The van der Waals surface area contributed by atoms with E-state index in [2.05, 4.69) is 57.8 Å². The first-order chi connectivity index (χ1) is 38.1. The predicted octanol–water partition coefficient (Wildman–Crippen LogP) is -7.61. The number of carboxylic acids is 1. The lowest BCUT2D eigenvalue weighted by atomic mass is 10.0. The number of unbranched alkanes of at least 4 members (excludes halogenated alkanes) is 5. The molecule has 1 rings (SSSR count). The molecule has 0 aliphatic carbocycles. The average molecular weight is 1140 g/mol. The Morgan fingerprint density at radius 2 is 0.762 bits per heavy atom. The molecule has 1 heterocycles. The van der Waals surface area contributed by atoms with Crippen molar-refractivity contribution in [2.24, 2.45) is 45.9 Å². The summed E-state index contributed by atoms with van der Waals surface area (Å²) in [7, 11) is 0. The molecule has 0 unspecified atom stereocenters. The standard InChI is InChI=1S/C48H87N19O13/c49-16-6-1-11-29(54)41(72)65-35(23-38(56)69)47(78)63-30(12-2-7-17-50)42(73)58-25-39(70)61-31(13-3-8-18-51)44(75)64-33(15-5-10-20-53)46(77)66-34(22-37(55)68)43(74)59-26-40(71)62-32(14-4-9-19-52)45(76)67-36(48(79)80)21-28-24-57-27-60-28/h24,27,29-36H,1-23,25-26,49-54H2,(H2,55,68)(H2,56,69)(H,57,60)(H,58,73)(H,59,74)(H,61,70)(H,62,71)(H,63,78)(H,64,75)(H,65,72)(H,66,77)(H,67,76)(H,79,80)/t29-,30-,31-,32-,33-,34-,35-,36-/m0/s1. The van der Waals surface area contributed by atoms with E-state index in [1.807, 2.05) is 0 Å². The van der Waals surface area contributed by atoms with Crippen molar-refractivity contribution in [1.29, 1.82) is 0 Å². The Balaban J connectivity index is 3.23. The molecule has 0 fully saturated rings. The van der Waals surface area contributed by atoms with E-state index in [9.17, 15) is 62.6 Å². The fourth-order valence-electron chi connectivity index (χ4n) is 7.76. The molecule has 27 N–H and O–H groups in total. The molecule has 1 aromatic rings. The van der Waals surface area contributed by atoms with Crippen molar-refractivity contribution in [3.05, 3.63) is 18.2 Å². The van der Waals surface area contributed by atoms with E-state index in [0.29, 0.717) is 70.0 Å². The monoisotopic (exact) mass is 1140 g/mol. The number of nitrogens with two attached hydrogens (primary N) is 8. The molecule has 32 heteroatoms. The minimum atomic E-state index is -1.69. The molecule has 32 nitrogen and oxygen atoms in total. The maximum atomic E-state index is 14.0. The molecule has 0 radical (unpaired) electrons. The highest BCUT2D eigenvalue weighted by Gasteiger charge is 2.33. The van der Waals surface area contributed by atoms with Gasteiger partial charge in [-0.15, -0.1) is 0 Å². The van der Waals surface area contributed by atoms with E-state index in [1.165, 1.54) is 12.5 Å². The SMILES string of the molecule is NCCCC[C@H](NC(=O)CNC(=O)[C@H](CC(N)=O)NC(=O)[C@H](CCCCN)NC(=O)[C@H](CCCCN)NC(=O)CNC(=O)[C@H](CCCCN)NC(=O)[C@H](CC(N)=O)NC(=O)[C@@H](N)CCCCN)C(=O)N[C@@H](Cc1cnc[nH]1)C(=O)O. The third kappa shape index (κ3) is 30.1. The third-order valence-electron chi connectivity index (χ3n) is 12.2. The second-order valence-corrected chi connectivity index (χ2v) is 19.0. The van der Waals surface area contributed by atoms with Gasteiger partial charge in [-0.25, -0.2) is 9.78 Å². The highest BCUT2D eigenvalue weighted by atomic mass is 16.4. The molecule has 0 bridgehead atoms. The minimum absolute atomic E-state index is 0.00307. The van der Waals surface area contributed by atoms with Gasteiger partial charge in [0.05, 0.1) is 38.3 Å². The van der Waals surface area contributed by atoms with Gasteiger partial charge in [-0.2, -0.15) is 0 Å². The lowest BCUT2D eigenvalue weighted by Crippen LogP contribution is -2.58. The summed E-state index contributed by atoms with van der Waals surface area (Å²) in [6.07, 6.45) is 5.53. The maximum absolute atomic E-state index is 14.0. The number of carbonyl (C=O) groups is 12. The number of carboxylic acid groups (broad SMARTS) is 1. The Morgan fingerprint density at radius 3 is 1.14 bits per heavy atom. The van der Waals surface area contributed by atoms with Crippen molar-refractivity contribution < 1.29 is 62.6 Å². The number of carbonyl (C=O) groups excluding carboxylic acids is 11. The summed E-state index contributed by atoms with van der Waals surface area (Å²) in [5.74, 6) is -11.3. The smallest absolute Gasteiger partial charge is 0.326 e. The van der Waals surface area contributed by atoms with Crippen molar-refractivity contribution in [1.82, 2.24) is 57.8 Å². The molecule has 8 atom stereocenters. The van der Waals surface area contributed by atoms with Gasteiger partial charge in [0.2, 0.25) is 65.0 Å². The first-order valence-corrected chi connectivity index (χ1v) is 26.8. The van der Waals surface area contributed by atoms with E-state index in [4.69, 9.17) is 45.9 Å². The highest BCUT2D eigenvalue weighted by molar-refractivity contribution is 5.99. The number of nitrogens with zero attached hydrogens (tertiary/aromatic N) is 1. The van der Waals surface area contributed by atoms with Crippen LogP contribution in [-0.4, -0.2) is 180 Å². The Morgan fingerprint density at radius 1 is 0.438 bits per heavy atom. The van der Waals surface area contributed by atoms with E-state index < -0.39 is 145 Å². The van der Waals surface area contributed by atoms with E-state index in [1.54, 1.807) is 0 Å². The molecule has 80 heavy (non-hydrogen) atoms. The van der Waals surface area contributed by atoms with E-state index in [0.717, 1.165) is 0 Å². The van der Waals surface area contributed by atoms with Gasteiger partial charge in [0.25, 0.3) is 0 Å². The predicted molar refractivity (Wildman–Crippen MR) is 290 cm³/mol. The minimum Gasteiger partial charge on any atom is -0.480 e. The first kappa shape index (κ1) is 70.6. The topological polar surface area (TPSA) is 570 Å². The van der Waals surface area contributed by atoms with Crippen LogP contribution in [0.5, 0.6) is 0 Å². The van der Waals surface area contributed by atoms with Crippen LogP contribution in [-0.2, 0) is 64.0 Å². The number of rotatable bonds is 45. The van der Waals surface area contributed by atoms with Crippen LogP contribution in [0.3, 0.4) is 0 Å². The summed E-state index contributed by atoms with van der Waals surface area (Å²) in [5.41, 5.74) is 45.3. The van der Waals surface area contributed by atoms with Crippen LogP contribution in [0.1, 0.15) is 115 Å². The van der Waals surface area contributed by atoms with Crippen molar-refractivity contribution in [2.75, 3.05) is 45.8 Å². The van der Waals surface area contributed by atoms with Gasteiger partial charge in [-0.1, -0.05) is 6.42 Å². The number of hydrogen-bond donors (Lipinski definition) is 19. The van der Waals surface area contributed by atoms with Gasteiger partial charge in [0.1, 0.15) is 42.3 Å². The summed E-state index contributed by atoms with van der Waals surface area (Å²) < 4.78 is 0. The summed E-state index contributed by atoms with van der Waals surface area (Å²) in [6, 6.07) is -10.9. The summed E-state index contributed by atoms with van der Waals surface area (Å²) in [5, 5.41) is 31.7. The quantitative estimate of drug-likeness (QED) is 0.0270. The zero-order chi connectivity index (χ0) is 60.0. The molecule has 0 saturated carbocycles. The van der Waals surface area contributed by atoms with Crippen LogP contribution in [0.4, 0.5) is 0 Å². The summed E-state index contributed by atoms with van der Waals surface area (Å²) in [4.78, 5) is 164. The summed E-state index contributed by atoms with van der Waals surface area (Å²) in [6.45, 7) is -0.187. The van der Waals surface area contributed by atoms with Crippen LogP contribution in [0.25, 0.3) is 0 Å². The fourth-order valence-corrected chi connectivity index (χ4v) is 7.76. The fraction of sp³-hybridized carbons (Fsp3) is 0.688. The second-order valence-electron chi connectivity index (χ2n) is 19.0. The zero-order valence-corrected chi connectivity index (χ0v) is 45.4. The van der Waals surface area contributed by atoms with Gasteiger partial charge >= 0.3 is 5.97 Å². The number of aromatic nitrogens is 2. The van der Waals surface area contributed by atoms with E-state index in [-0.39, 0.29) is 71.1 Å². The van der Waals surface area contributed by atoms with E-state index >= 15 is 0 Å². The molecule has 0 spiro atoms. The Kier molecular flexibility index (Phi) is 36.0. The number of H-pyrrole nitrogens is 1. The average Bonchev–Trinajstić information content (AvgIpc) is 3.93. The maximum Gasteiger partial charge on any atom is 0.326 e. The molecule has 0 aliphatic heterocycles. The molecule has 1 aromatic heterocycles. The molecule has 0 aromatic carbocycles. The van der Waals surface area contributed by atoms with Gasteiger partial charge < -0.3 is 104 Å². The molecule has 0 aliphatic rings. The van der Waals surface area contributed by atoms with Crippen LogP contribution < -0.4 is 93.7 Å². The second kappa shape index (κ2) is 40.7. The molecule has 11 amide bonds. The van der Waals surface area contributed by atoms with Gasteiger partial charge in [-0.05, 0) is 123 Å². The van der Waals surface area contributed by atoms with Crippen LogP contribution in [0.2, 0.25) is 0 Å². The van der Waals surface area contributed by atoms with Crippen molar-refractivity contribution in [3.63, 3.8) is 0 Å². The number of aliphatic carboxylic acids is 1. The Labute approximate surface area is 464 Å². The summed E-state index contributed by atoms with van der Waals surface area (Å²) >= 11 is 0. The van der Waals surface area contributed by atoms with Gasteiger partial charge in [-0.3, -0.25) is 52.7 Å². The number of amides is 11.